The first kappa shape index (κ1) is 19.0. The Balaban J connectivity index is 1.46. The molecule has 6 heteroatoms. The zero-order valence-corrected chi connectivity index (χ0v) is 16.4. The molecule has 3 aromatic rings. The van der Waals surface area contributed by atoms with Gasteiger partial charge >= 0.3 is 0 Å². The van der Waals surface area contributed by atoms with Crippen LogP contribution in [-0.4, -0.2) is 37.2 Å². The zero-order chi connectivity index (χ0) is 20.1. The number of benzene rings is 2. The minimum atomic E-state index is -0.223. The summed E-state index contributed by atoms with van der Waals surface area (Å²) in [5.74, 6) is -0.223. The Morgan fingerprint density at radius 2 is 1.69 bits per heavy atom. The molecule has 0 saturated carbocycles. The molecule has 0 radical (unpaired) electrons. The van der Waals surface area contributed by atoms with Crippen molar-refractivity contribution in [1.82, 2.24) is 4.98 Å². The first-order valence-electron chi connectivity index (χ1n) is 9.72. The van der Waals surface area contributed by atoms with Gasteiger partial charge in [-0.05, 0) is 42.8 Å². The Morgan fingerprint density at radius 3 is 2.41 bits per heavy atom. The summed E-state index contributed by atoms with van der Waals surface area (Å²) >= 11 is 0. The molecule has 0 bridgehead atoms. The summed E-state index contributed by atoms with van der Waals surface area (Å²) in [6.45, 7) is 5.17. The molecule has 4 rings (SSSR count). The predicted octanol–water partition coefficient (Wildman–Crippen LogP) is 4.22. The normalized spacial score (nSPS) is 13.8. The number of amides is 1. The molecule has 1 fully saturated rings. The quantitative estimate of drug-likeness (QED) is 0.685. The standard InChI is InChI=1S/C23H24N4O2/c1-17-6-2-3-7-19(17)26-23(28)21-11-10-18(16-24-21)25-20-8-4-5-9-22(20)27-12-14-29-15-13-27/h2-11,16,25H,12-15H2,1H3,(H,26,28). The molecule has 1 aromatic heterocycles. The molecule has 0 spiro atoms. The molecule has 1 amide bonds. The SMILES string of the molecule is Cc1ccccc1NC(=O)c1ccc(Nc2ccccc2N2CCOCC2)cn1. The van der Waals surface area contributed by atoms with Crippen LogP contribution in [-0.2, 0) is 4.74 Å². The van der Waals surface area contributed by atoms with Gasteiger partial charge in [0.15, 0.2) is 0 Å². The molecule has 2 aromatic carbocycles. The molecule has 148 valence electrons. The van der Waals surface area contributed by atoms with Gasteiger partial charge in [-0.25, -0.2) is 4.98 Å². The van der Waals surface area contributed by atoms with Gasteiger partial charge in [0.25, 0.3) is 5.91 Å². The highest BCUT2D eigenvalue weighted by Gasteiger charge is 2.15. The molecule has 0 aliphatic carbocycles. The van der Waals surface area contributed by atoms with Crippen molar-refractivity contribution < 1.29 is 9.53 Å². The van der Waals surface area contributed by atoms with Gasteiger partial charge in [0.05, 0.1) is 36.5 Å². The smallest absolute Gasteiger partial charge is 0.274 e. The number of hydrogen-bond acceptors (Lipinski definition) is 5. The maximum Gasteiger partial charge on any atom is 0.274 e. The fourth-order valence-electron chi connectivity index (χ4n) is 3.32. The van der Waals surface area contributed by atoms with Crippen molar-refractivity contribution in [2.24, 2.45) is 0 Å². The molecule has 6 nitrogen and oxygen atoms in total. The first-order chi connectivity index (χ1) is 14.2. The van der Waals surface area contributed by atoms with Crippen molar-refractivity contribution >= 4 is 28.7 Å². The average Bonchev–Trinajstić information content (AvgIpc) is 2.77. The summed E-state index contributed by atoms with van der Waals surface area (Å²) in [5, 5.41) is 6.33. The van der Waals surface area contributed by atoms with Crippen LogP contribution in [0.2, 0.25) is 0 Å². The summed E-state index contributed by atoms with van der Waals surface area (Å²) in [7, 11) is 0. The summed E-state index contributed by atoms with van der Waals surface area (Å²) < 4.78 is 5.45. The number of morpholine rings is 1. The second kappa shape index (κ2) is 8.75. The van der Waals surface area contributed by atoms with Crippen LogP contribution in [0.25, 0.3) is 0 Å². The number of pyridine rings is 1. The minimum absolute atomic E-state index is 0.223. The number of aromatic nitrogens is 1. The van der Waals surface area contributed by atoms with Gasteiger partial charge in [0, 0.05) is 18.8 Å². The molecule has 1 aliphatic rings. The number of nitrogens with one attached hydrogen (secondary N) is 2. The van der Waals surface area contributed by atoms with Crippen LogP contribution in [0, 0.1) is 6.92 Å². The van der Waals surface area contributed by atoms with Crippen molar-refractivity contribution in [3.63, 3.8) is 0 Å². The topological polar surface area (TPSA) is 66.5 Å². The van der Waals surface area contributed by atoms with Crippen LogP contribution in [0.15, 0.2) is 66.9 Å². The van der Waals surface area contributed by atoms with Crippen molar-refractivity contribution in [1.29, 1.82) is 0 Å². The maximum atomic E-state index is 12.5. The number of carbonyl (C=O) groups excluding carboxylic acids is 1. The second-order valence-corrected chi connectivity index (χ2v) is 6.94. The second-order valence-electron chi connectivity index (χ2n) is 6.94. The van der Waals surface area contributed by atoms with E-state index >= 15 is 0 Å². The molecule has 1 aliphatic heterocycles. The molecule has 2 N–H and O–H groups in total. The average molecular weight is 388 g/mol. The van der Waals surface area contributed by atoms with Gasteiger partial charge < -0.3 is 20.3 Å². The molecule has 0 unspecified atom stereocenters. The summed E-state index contributed by atoms with van der Waals surface area (Å²) in [6.07, 6.45) is 1.68. The molecule has 1 saturated heterocycles. The number of hydrogen-bond donors (Lipinski definition) is 2. The van der Waals surface area contributed by atoms with Crippen LogP contribution in [0.5, 0.6) is 0 Å². The highest BCUT2D eigenvalue weighted by atomic mass is 16.5. The van der Waals surface area contributed by atoms with Gasteiger partial charge in [0.2, 0.25) is 0 Å². The Morgan fingerprint density at radius 1 is 0.966 bits per heavy atom. The summed E-state index contributed by atoms with van der Waals surface area (Å²) in [5.41, 5.74) is 5.16. The van der Waals surface area contributed by atoms with Crippen LogP contribution in [0.4, 0.5) is 22.7 Å². The number of rotatable bonds is 5. The molecule has 0 atom stereocenters. The molecule has 29 heavy (non-hydrogen) atoms. The lowest BCUT2D eigenvalue weighted by atomic mass is 10.2. The van der Waals surface area contributed by atoms with Gasteiger partial charge in [-0.1, -0.05) is 30.3 Å². The molecule has 2 heterocycles. The summed E-state index contributed by atoms with van der Waals surface area (Å²) in [6, 6.07) is 19.5. The van der Waals surface area contributed by atoms with E-state index in [1.165, 1.54) is 0 Å². The van der Waals surface area contributed by atoms with Crippen LogP contribution in [0.3, 0.4) is 0 Å². The third-order valence-corrected chi connectivity index (χ3v) is 4.92. The van der Waals surface area contributed by atoms with E-state index in [9.17, 15) is 4.79 Å². The van der Waals surface area contributed by atoms with Crippen molar-refractivity contribution in [2.75, 3.05) is 41.8 Å². The lowest BCUT2D eigenvalue weighted by molar-refractivity contribution is 0.102. The van der Waals surface area contributed by atoms with E-state index in [0.717, 1.165) is 54.6 Å². The Hall–Kier alpha value is -3.38. The predicted molar refractivity (Wildman–Crippen MR) is 116 cm³/mol. The van der Waals surface area contributed by atoms with Crippen LogP contribution in [0.1, 0.15) is 16.1 Å². The van der Waals surface area contributed by atoms with Crippen LogP contribution < -0.4 is 15.5 Å². The fraction of sp³-hybridized carbons (Fsp3) is 0.217. The van der Waals surface area contributed by atoms with Gasteiger partial charge in [-0.2, -0.15) is 0 Å². The van der Waals surface area contributed by atoms with Gasteiger partial charge in [-0.3, -0.25) is 4.79 Å². The van der Waals surface area contributed by atoms with E-state index < -0.39 is 0 Å². The maximum absolute atomic E-state index is 12.5. The number of aryl methyl sites for hydroxylation is 1. The third-order valence-electron chi connectivity index (χ3n) is 4.92. The van der Waals surface area contributed by atoms with E-state index in [4.69, 9.17) is 4.74 Å². The minimum Gasteiger partial charge on any atom is -0.378 e. The van der Waals surface area contributed by atoms with Crippen molar-refractivity contribution in [2.45, 2.75) is 6.92 Å². The Labute approximate surface area is 170 Å². The van der Waals surface area contributed by atoms with Gasteiger partial charge in [0.1, 0.15) is 5.69 Å². The number of para-hydroxylation sites is 3. The zero-order valence-electron chi connectivity index (χ0n) is 16.4. The monoisotopic (exact) mass is 388 g/mol. The summed E-state index contributed by atoms with van der Waals surface area (Å²) in [4.78, 5) is 19.1. The number of ether oxygens (including phenoxy) is 1. The van der Waals surface area contributed by atoms with E-state index in [0.29, 0.717) is 5.69 Å². The fourth-order valence-corrected chi connectivity index (χ4v) is 3.32. The van der Waals surface area contributed by atoms with E-state index in [-0.39, 0.29) is 5.91 Å². The van der Waals surface area contributed by atoms with E-state index in [2.05, 4.69) is 26.6 Å². The highest BCUT2D eigenvalue weighted by molar-refractivity contribution is 6.03. The Kier molecular flexibility index (Phi) is 5.72. The van der Waals surface area contributed by atoms with Crippen molar-refractivity contribution in [3.8, 4) is 0 Å². The molecular formula is C23H24N4O2. The lowest BCUT2D eigenvalue weighted by Gasteiger charge is -2.30. The van der Waals surface area contributed by atoms with E-state index in [1.54, 1.807) is 12.3 Å². The third kappa shape index (κ3) is 4.55. The largest absolute Gasteiger partial charge is 0.378 e. The number of anilines is 4. The number of carbonyl (C=O) groups is 1. The van der Waals surface area contributed by atoms with Crippen molar-refractivity contribution in [3.05, 3.63) is 78.1 Å². The highest BCUT2D eigenvalue weighted by Crippen LogP contribution is 2.29. The lowest BCUT2D eigenvalue weighted by Crippen LogP contribution is -2.36. The van der Waals surface area contributed by atoms with Gasteiger partial charge in [-0.15, -0.1) is 0 Å². The van der Waals surface area contributed by atoms with E-state index in [1.807, 2.05) is 55.5 Å². The Bertz CT molecular complexity index is 982. The first-order valence-corrected chi connectivity index (χ1v) is 9.72. The molecular weight excluding hydrogens is 364 g/mol. The van der Waals surface area contributed by atoms with Crippen LogP contribution >= 0.6 is 0 Å². The number of nitrogens with zero attached hydrogens (tertiary/aromatic N) is 2.